The second-order valence-electron chi connectivity index (χ2n) is 4.76. The normalized spacial score (nSPS) is 12.7. The Bertz CT molecular complexity index is 336. The Morgan fingerprint density at radius 3 is 2.61 bits per heavy atom. The first-order chi connectivity index (χ1) is 8.65. The molecule has 102 valence electrons. The van der Waals surface area contributed by atoms with E-state index in [1.165, 1.54) is 19.4 Å². The summed E-state index contributed by atoms with van der Waals surface area (Å²) in [5.74, 6) is 0.929. The summed E-state index contributed by atoms with van der Waals surface area (Å²) in [6, 6.07) is 2.44. The highest BCUT2D eigenvalue weighted by Gasteiger charge is 2.05. The van der Waals surface area contributed by atoms with Gasteiger partial charge in [0, 0.05) is 17.8 Å². The Morgan fingerprint density at radius 1 is 1.28 bits per heavy atom. The SMILES string of the molecule is CCN(CC)CCCC(C)Nc1cc(C)ncn1. The number of aromatic nitrogens is 2. The monoisotopic (exact) mass is 250 g/mol. The highest BCUT2D eigenvalue weighted by molar-refractivity contribution is 5.35. The maximum Gasteiger partial charge on any atom is 0.129 e. The van der Waals surface area contributed by atoms with Crippen molar-refractivity contribution in [2.45, 2.75) is 46.6 Å². The lowest BCUT2D eigenvalue weighted by Crippen LogP contribution is -2.25. The molecule has 1 heterocycles. The summed E-state index contributed by atoms with van der Waals surface area (Å²) in [7, 11) is 0. The summed E-state index contributed by atoms with van der Waals surface area (Å²) in [6.45, 7) is 12.1. The second-order valence-corrected chi connectivity index (χ2v) is 4.76. The average molecular weight is 250 g/mol. The van der Waals surface area contributed by atoms with Gasteiger partial charge in [0.15, 0.2) is 0 Å². The molecule has 1 atom stereocenters. The highest BCUT2D eigenvalue weighted by Crippen LogP contribution is 2.08. The van der Waals surface area contributed by atoms with Gasteiger partial charge in [0.05, 0.1) is 0 Å². The molecule has 0 aromatic carbocycles. The molecule has 1 aromatic heterocycles. The summed E-state index contributed by atoms with van der Waals surface area (Å²) in [4.78, 5) is 10.8. The number of rotatable bonds is 8. The molecule has 1 aromatic rings. The second kappa shape index (κ2) is 8.03. The van der Waals surface area contributed by atoms with Crippen molar-refractivity contribution >= 4 is 5.82 Å². The van der Waals surface area contributed by atoms with Crippen LogP contribution in [0.2, 0.25) is 0 Å². The van der Waals surface area contributed by atoms with Gasteiger partial charge >= 0.3 is 0 Å². The molecule has 0 saturated heterocycles. The molecule has 0 saturated carbocycles. The Labute approximate surface area is 111 Å². The van der Waals surface area contributed by atoms with Crippen molar-refractivity contribution in [2.24, 2.45) is 0 Å². The first kappa shape index (κ1) is 14.9. The minimum absolute atomic E-state index is 0.454. The van der Waals surface area contributed by atoms with Crippen LogP contribution in [0.4, 0.5) is 5.82 Å². The smallest absolute Gasteiger partial charge is 0.129 e. The first-order valence-electron chi connectivity index (χ1n) is 6.93. The van der Waals surface area contributed by atoms with Crippen LogP contribution in [-0.4, -0.2) is 40.5 Å². The summed E-state index contributed by atoms with van der Waals surface area (Å²) in [5.41, 5.74) is 1.00. The van der Waals surface area contributed by atoms with Gasteiger partial charge in [0.2, 0.25) is 0 Å². The number of anilines is 1. The third kappa shape index (κ3) is 5.45. The molecule has 0 spiro atoms. The third-order valence-corrected chi connectivity index (χ3v) is 3.20. The van der Waals surface area contributed by atoms with Crippen LogP contribution in [0.15, 0.2) is 12.4 Å². The predicted octanol–water partition coefficient (Wildman–Crippen LogP) is 2.71. The summed E-state index contributed by atoms with van der Waals surface area (Å²) >= 11 is 0. The molecule has 0 amide bonds. The quantitative estimate of drug-likeness (QED) is 0.770. The summed E-state index contributed by atoms with van der Waals surface area (Å²) < 4.78 is 0. The van der Waals surface area contributed by atoms with Gasteiger partial charge in [-0.25, -0.2) is 9.97 Å². The molecule has 1 unspecified atom stereocenters. The Balaban J connectivity index is 2.27. The lowest BCUT2D eigenvalue weighted by Gasteiger charge is -2.20. The molecule has 0 bridgehead atoms. The zero-order valence-corrected chi connectivity index (χ0v) is 12.1. The van der Waals surface area contributed by atoms with Crippen molar-refractivity contribution < 1.29 is 0 Å². The number of hydrogen-bond donors (Lipinski definition) is 1. The molecule has 1 rings (SSSR count). The van der Waals surface area contributed by atoms with E-state index in [1.54, 1.807) is 6.33 Å². The van der Waals surface area contributed by atoms with Crippen molar-refractivity contribution in [3.8, 4) is 0 Å². The van der Waals surface area contributed by atoms with E-state index in [1.807, 2.05) is 13.0 Å². The van der Waals surface area contributed by atoms with Gasteiger partial charge in [-0.2, -0.15) is 0 Å². The molecule has 0 fully saturated rings. The van der Waals surface area contributed by atoms with Crippen molar-refractivity contribution in [2.75, 3.05) is 25.0 Å². The zero-order chi connectivity index (χ0) is 13.4. The van der Waals surface area contributed by atoms with E-state index >= 15 is 0 Å². The van der Waals surface area contributed by atoms with Gasteiger partial charge in [0.25, 0.3) is 0 Å². The van der Waals surface area contributed by atoms with E-state index in [0.29, 0.717) is 6.04 Å². The number of aryl methyl sites for hydroxylation is 1. The largest absolute Gasteiger partial charge is 0.368 e. The van der Waals surface area contributed by atoms with Gasteiger partial charge in [0.1, 0.15) is 12.1 Å². The minimum Gasteiger partial charge on any atom is -0.368 e. The van der Waals surface area contributed by atoms with E-state index < -0.39 is 0 Å². The third-order valence-electron chi connectivity index (χ3n) is 3.20. The maximum atomic E-state index is 4.22. The van der Waals surface area contributed by atoms with Gasteiger partial charge in [-0.15, -0.1) is 0 Å². The van der Waals surface area contributed by atoms with Crippen LogP contribution in [0, 0.1) is 6.92 Å². The fourth-order valence-corrected chi connectivity index (χ4v) is 2.02. The van der Waals surface area contributed by atoms with Gasteiger partial charge < -0.3 is 10.2 Å². The molecule has 4 nitrogen and oxygen atoms in total. The fourth-order valence-electron chi connectivity index (χ4n) is 2.02. The molecule has 18 heavy (non-hydrogen) atoms. The lowest BCUT2D eigenvalue weighted by molar-refractivity contribution is 0.295. The van der Waals surface area contributed by atoms with Crippen molar-refractivity contribution in [3.05, 3.63) is 18.1 Å². The fraction of sp³-hybridized carbons (Fsp3) is 0.714. The zero-order valence-electron chi connectivity index (χ0n) is 12.1. The predicted molar refractivity (Wildman–Crippen MR) is 76.9 cm³/mol. The molecule has 0 aliphatic rings. The van der Waals surface area contributed by atoms with E-state index in [2.05, 4.69) is 41.0 Å². The van der Waals surface area contributed by atoms with E-state index in [0.717, 1.165) is 24.6 Å². The van der Waals surface area contributed by atoms with E-state index in [9.17, 15) is 0 Å². The van der Waals surface area contributed by atoms with Crippen LogP contribution < -0.4 is 5.32 Å². The van der Waals surface area contributed by atoms with E-state index in [-0.39, 0.29) is 0 Å². The molecular weight excluding hydrogens is 224 g/mol. The van der Waals surface area contributed by atoms with Gasteiger partial charge in [-0.1, -0.05) is 13.8 Å². The van der Waals surface area contributed by atoms with Crippen LogP contribution in [0.25, 0.3) is 0 Å². The molecule has 4 heteroatoms. The Hall–Kier alpha value is -1.16. The van der Waals surface area contributed by atoms with Gasteiger partial charge in [-0.05, 0) is 46.3 Å². The minimum atomic E-state index is 0.454. The highest BCUT2D eigenvalue weighted by atomic mass is 15.1. The summed E-state index contributed by atoms with van der Waals surface area (Å²) in [5, 5.41) is 3.42. The number of nitrogens with one attached hydrogen (secondary N) is 1. The van der Waals surface area contributed by atoms with Crippen LogP contribution in [0.1, 0.15) is 39.3 Å². The van der Waals surface area contributed by atoms with Crippen LogP contribution in [0.3, 0.4) is 0 Å². The van der Waals surface area contributed by atoms with Crippen LogP contribution >= 0.6 is 0 Å². The molecule has 0 aliphatic carbocycles. The average Bonchev–Trinajstić information content (AvgIpc) is 2.34. The van der Waals surface area contributed by atoms with Crippen molar-refractivity contribution in [1.29, 1.82) is 0 Å². The molecule has 0 aliphatic heterocycles. The van der Waals surface area contributed by atoms with E-state index in [4.69, 9.17) is 0 Å². The van der Waals surface area contributed by atoms with Crippen molar-refractivity contribution in [1.82, 2.24) is 14.9 Å². The first-order valence-corrected chi connectivity index (χ1v) is 6.93. The Morgan fingerprint density at radius 2 is 2.00 bits per heavy atom. The summed E-state index contributed by atoms with van der Waals surface area (Å²) in [6.07, 6.45) is 4.00. The van der Waals surface area contributed by atoms with Gasteiger partial charge in [-0.3, -0.25) is 0 Å². The molecular formula is C14H26N4. The lowest BCUT2D eigenvalue weighted by atomic mass is 10.1. The van der Waals surface area contributed by atoms with Crippen molar-refractivity contribution in [3.63, 3.8) is 0 Å². The van der Waals surface area contributed by atoms with Crippen LogP contribution in [0.5, 0.6) is 0 Å². The number of hydrogen-bond acceptors (Lipinski definition) is 4. The molecule has 0 radical (unpaired) electrons. The molecule has 1 N–H and O–H groups in total. The standard InChI is InChI=1S/C14H26N4/c1-5-18(6-2)9-7-8-12(3)17-14-10-13(4)15-11-16-14/h10-12H,5-9H2,1-4H3,(H,15,16,17). The topological polar surface area (TPSA) is 41.0 Å². The van der Waals surface area contributed by atoms with Crippen LogP contribution in [-0.2, 0) is 0 Å². The maximum absolute atomic E-state index is 4.22. The Kier molecular flexibility index (Phi) is 6.65. The number of nitrogens with zero attached hydrogens (tertiary/aromatic N) is 3.